The molecule has 1 atom stereocenters. The molecule has 0 unspecified atom stereocenters. The molecule has 0 bridgehead atoms. The summed E-state index contributed by atoms with van der Waals surface area (Å²) in [6, 6.07) is 4.23. The maximum Gasteiger partial charge on any atom is 0.259 e. The molecule has 1 amide bonds. The third-order valence-corrected chi connectivity index (χ3v) is 4.31. The minimum atomic E-state index is -3.99. The Hall–Kier alpha value is -2.50. The molecular weight excluding hydrogens is 326 g/mol. The molecule has 1 aromatic carbocycles. The van der Waals surface area contributed by atoms with E-state index in [-0.39, 0.29) is 4.90 Å². The van der Waals surface area contributed by atoms with Crippen molar-refractivity contribution in [3.63, 3.8) is 0 Å². The van der Waals surface area contributed by atoms with Gasteiger partial charge in [0, 0.05) is 0 Å². The van der Waals surface area contributed by atoms with Gasteiger partial charge in [0.05, 0.1) is 18.6 Å². The first-order chi connectivity index (χ1) is 11.0. The van der Waals surface area contributed by atoms with Gasteiger partial charge >= 0.3 is 0 Å². The van der Waals surface area contributed by atoms with Crippen LogP contribution in [0, 0.1) is 0 Å². The van der Waals surface area contributed by atoms with Gasteiger partial charge in [0.15, 0.2) is 0 Å². The van der Waals surface area contributed by atoms with E-state index >= 15 is 0 Å². The number of hydrogen-bond donors (Lipinski definition) is 3. The van der Waals surface area contributed by atoms with E-state index in [1.165, 1.54) is 44.0 Å². The van der Waals surface area contributed by atoms with Crippen LogP contribution in [-0.4, -0.2) is 54.1 Å². The zero-order valence-electron chi connectivity index (χ0n) is 12.1. The number of rotatable bonds is 7. The number of nitrogens with zero attached hydrogens (tertiary/aromatic N) is 3. The number of ether oxygens (including phenoxy) is 1. The normalized spacial score (nSPS) is 12.6. The number of benzene rings is 1. The molecule has 11 heteroatoms. The SMILES string of the molecule is COc1ccc(S(=O)(=O)N[C@@H](CO)C(=O)Nn2cnnc2)cc1. The van der Waals surface area contributed by atoms with E-state index in [2.05, 4.69) is 20.3 Å². The predicted octanol–water partition coefficient (Wildman–Crippen LogP) is -1.30. The van der Waals surface area contributed by atoms with Crippen LogP contribution in [0.4, 0.5) is 0 Å². The van der Waals surface area contributed by atoms with E-state index in [4.69, 9.17) is 4.74 Å². The predicted molar refractivity (Wildman–Crippen MR) is 78.6 cm³/mol. The Balaban J connectivity index is 2.10. The molecule has 0 saturated carbocycles. The molecule has 2 aromatic rings. The summed E-state index contributed by atoms with van der Waals surface area (Å²) in [7, 11) is -2.53. The second-order valence-electron chi connectivity index (χ2n) is 4.38. The van der Waals surface area contributed by atoms with Crippen molar-refractivity contribution in [1.82, 2.24) is 19.6 Å². The summed E-state index contributed by atoms with van der Waals surface area (Å²) in [5, 5.41) is 16.2. The van der Waals surface area contributed by atoms with Crippen molar-refractivity contribution in [3.05, 3.63) is 36.9 Å². The zero-order chi connectivity index (χ0) is 16.9. The summed E-state index contributed by atoms with van der Waals surface area (Å²) in [6.07, 6.45) is 2.43. The van der Waals surface area contributed by atoms with Gasteiger partial charge in [-0.15, -0.1) is 10.2 Å². The molecule has 1 heterocycles. The van der Waals surface area contributed by atoms with Crippen LogP contribution in [-0.2, 0) is 14.8 Å². The fraction of sp³-hybridized carbons (Fsp3) is 0.250. The highest BCUT2D eigenvalue weighted by Gasteiger charge is 2.25. The van der Waals surface area contributed by atoms with Crippen LogP contribution < -0.4 is 14.9 Å². The van der Waals surface area contributed by atoms with Gasteiger partial charge < -0.3 is 9.84 Å². The van der Waals surface area contributed by atoms with Crippen molar-refractivity contribution in [3.8, 4) is 5.75 Å². The molecule has 0 radical (unpaired) electrons. The minimum Gasteiger partial charge on any atom is -0.497 e. The maximum absolute atomic E-state index is 12.2. The van der Waals surface area contributed by atoms with Crippen LogP contribution in [0.1, 0.15) is 0 Å². The number of aliphatic hydroxyl groups excluding tert-OH is 1. The number of carbonyl (C=O) groups is 1. The molecule has 1 aromatic heterocycles. The van der Waals surface area contributed by atoms with Crippen LogP contribution in [0.25, 0.3) is 0 Å². The maximum atomic E-state index is 12.2. The first kappa shape index (κ1) is 16.9. The number of carbonyl (C=O) groups excluding carboxylic acids is 1. The average Bonchev–Trinajstić information content (AvgIpc) is 3.05. The fourth-order valence-electron chi connectivity index (χ4n) is 1.65. The molecule has 0 aliphatic heterocycles. The van der Waals surface area contributed by atoms with E-state index in [0.717, 1.165) is 4.68 Å². The standard InChI is InChI=1S/C12H15N5O5S/c1-22-9-2-4-10(5-3-9)23(20,21)16-11(6-18)12(19)15-17-7-13-14-8-17/h2-5,7-8,11,16,18H,6H2,1H3,(H,15,19)/t11-/m0/s1. The summed E-state index contributed by atoms with van der Waals surface area (Å²) >= 11 is 0. The van der Waals surface area contributed by atoms with Gasteiger partial charge in [-0.2, -0.15) is 4.72 Å². The van der Waals surface area contributed by atoms with Gasteiger partial charge in [0.2, 0.25) is 10.0 Å². The Bertz CT molecular complexity index is 745. The summed E-state index contributed by atoms with van der Waals surface area (Å²) in [5.41, 5.74) is 2.31. The first-order valence-corrected chi connectivity index (χ1v) is 7.87. The topological polar surface area (TPSA) is 135 Å². The van der Waals surface area contributed by atoms with Gasteiger partial charge in [-0.05, 0) is 24.3 Å². The number of methoxy groups -OCH3 is 1. The Morgan fingerprint density at radius 1 is 1.30 bits per heavy atom. The van der Waals surface area contributed by atoms with Crippen molar-refractivity contribution in [2.75, 3.05) is 19.1 Å². The molecule has 3 N–H and O–H groups in total. The van der Waals surface area contributed by atoms with E-state index in [0.29, 0.717) is 5.75 Å². The Kier molecular flexibility index (Phi) is 5.26. The third kappa shape index (κ3) is 4.25. The molecule has 2 rings (SSSR count). The van der Waals surface area contributed by atoms with Gasteiger partial charge in [-0.1, -0.05) is 0 Å². The molecule has 124 valence electrons. The van der Waals surface area contributed by atoms with Crippen molar-refractivity contribution in [2.45, 2.75) is 10.9 Å². The largest absolute Gasteiger partial charge is 0.497 e. The molecule has 10 nitrogen and oxygen atoms in total. The van der Waals surface area contributed by atoms with Crippen LogP contribution >= 0.6 is 0 Å². The molecule has 0 saturated heterocycles. The van der Waals surface area contributed by atoms with Crippen molar-refractivity contribution in [2.24, 2.45) is 0 Å². The number of sulfonamides is 1. The lowest BCUT2D eigenvalue weighted by Gasteiger charge is -2.16. The summed E-state index contributed by atoms with van der Waals surface area (Å²) in [5.74, 6) is -0.266. The monoisotopic (exact) mass is 341 g/mol. The quantitative estimate of drug-likeness (QED) is 0.569. The van der Waals surface area contributed by atoms with Gasteiger partial charge in [-0.25, -0.2) is 13.1 Å². The van der Waals surface area contributed by atoms with Crippen molar-refractivity contribution in [1.29, 1.82) is 0 Å². The first-order valence-electron chi connectivity index (χ1n) is 6.39. The van der Waals surface area contributed by atoms with Gasteiger partial charge in [0.25, 0.3) is 5.91 Å². The van der Waals surface area contributed by atoms with Crippen LogP contribution in [0.5, 0.6) is 5.75 Å². The van der Waals surface area contributed by atoms with Crippen molar-refractivity contribution >= 4 is 15.9 Å². The molecule has 0 aliphatic rings. The van der Waals surface area contributed by atoms with E-state index in [1.807, 2.05) is 0 Å². The Labute approximate surface area is 132 Å². The second kappa shape index (κ2) is 7.17. The Morgan fingerprint density at radius 3 is 2.43 bits per heavy atom. The van der Waals surface area contributed by atoms with Gasteiger partial charge in [-0.3, -0.25) is 10.2 Å². The van der Waals surface area contributed by atoms with Gasteiger partial charge in [0.1, 0.15) is 24.4 Å². The van der Waals surface area contributed by atoms with Crippen molar-refractivity contribution < 1.29 is 23.1 Å². The van der Waals surface area contributed by atoms with Crippen LogP contribution in [0.15, 0.2) is 41.8 Å². The lowest BCUT2D eigenvalue weighted by atomic mass is 10.3. The smallest absolute Gasteiger partial charge is 0.259 e. The minimum absolute atomic E-state index is 0.0613. The van der Waals surface area contributed by atoms with Crippen LogP contribution in [0.3, 0.4) is 0 Å². The highest BCUT2D eigenvalue weighted by Crippen LogP contribution is 2.15. The molecule has 23 heavy (non-hydrogen) atoms. The van der Waals surface area contributed by atoms with E-state index < -0.39 is 28.6 Å². The highest BCUT2D eigenvalue weighted by molar-refractivity contribution is 7.89. The third-order valence-electron chi connectivity index (χ3n) is 2.82. The molecule has 0 fully saturated rings. The number of aromatic nitrogens is 3. The number of amides is 1. The zero-order valence-corrected chi connectivity index (χ0v) is 12.9. The summed E-state index contributed by atoms with van der Waals surface area (Å²) in [6.45, 7) is -0.719. The number of hydrogen-bond acceptors (Lipinski definition) is 7. The molecular formula is C12H15N5O5S. The molecule has 0 spiro atoms. The van der Waals surface area contributed by atoms with E-state index in [1.54, 1.807) is 0 Å². The lowest BCUT2D eigenvalue weighted by Crippen LogP contribution is -2.47. The fourth-order valence-corrected chi connectivity index (χ4v) is 2.83. The average molecular weight is 341 g/mol. The van der Waals surface area contributed by atoms with Crippen LogP contribution in [0.2, 0.25) is 0 Å². The number of aliphatic hydroxyl groups is 1. The molecule has 0 aliphatic carbocycles. The summed E-state index contributed by atoms with van der Waals surface area (Å²) in [4.78, 5) is 11.9. The lowest BCUT2D eigenvalue weighted by molar-refractivity contribution is -0.119. The summed E-state index contributed by atoms with van der Waals surface area (Å²) < 4.78 is 32.7. The second-order valence-corrected chi connectivity index (χ2v) is 6.09. The highest BCUT2D eigenvalue weighted by atomic mass is 32.2. The van der Waals surface area contributed by atoms with E-state index in [9.17, 15) is 18.3 Å². The Morgan fingerprint density at radius 2 is 1.91 bits per heavy atom. The number of nitrogens with one attached hydrogen (secondary N) is 2.